The minimum Gasteiger partial charge on any atom is -0.370 e. The summed E-state index contributed by atoms with van der Waals surface area (Å²) in [5, 5.41) is 6.81. The number of nitrogens with one attached hydrogen (secondary N) is 2. The summed E-state index contributed by atoms with van der Waals surface area (Å²) in [6.07, 6.45) is 8.58. The molecule has 4 rings (SSSR count). The molecule has 25 heavy (non-hydrogen) atoms. The summed E-state index contributed by atoms with van der Waals surface area (Å²) < 4.78 is 0. The smallest absolute Gasteiger partial charge is 0.229 e. The number of aromatic nitrogens is 2. The fraction of sp³-hybridized carbons (Fsp3) is 0.500. The summed E-state index contributed by atoms with van der Waals surface area (Å²) in [6.45, 7) is 3.59. The quantitative estimate of drug-likeness (QED) is 0.867. The molecule has 2 aromatic rings. The molecule has 0 spiro atoms. The Morgan fingerprint density at radius 2 is 1.88 bits per heavy atom. The highest BCUT2D eigenvalue weighted by molar-refractivity contribution is 5.54. The molecule has 2 saturated heterocycles. The molecule has 2 fully saturated rings. The van der Waals surface area contributed by atoms with Crippen LogP contribution in [0.5, 0.6) is 0 Å². The molecule has 1 aromatic carbocycles. The van der Waals surface area contributed by atoms with Crippen LogP contribution in [0.4, 0.5) is 17.5 Å². The average Bonchev–Trinajstić information content (AvgIpc) is 2.67. The lowest BCUT2D eigenvalue weighted by Crippen LogP contribution is -2.49. The zero-order chi connectivity index (χ0) is 16.9. The lowest BCUT2D eigenvalue weighted by atomic mass is 9.83. The zero-order valence-electron chi connectivity index (χ0n) is 14.7. The SMILES string of the molecule is c1ccc(Nc2nccc(NC[C@@H]3CCCN4CCCC[C@H]34)n2)cc1. The predicted octanol–water partition coefficient (Wildman–Crippen LogP) is 3.90. The molecule has 0 saturated carbocycles. The van der Waals surface area contributed by atoms with E-state index >= 15 is 0 Å². The van der Waals surface area contributed by atoms with Gasteiger partial charge in [0.25, 0.3) is 0 Å². The average molecular weight is 337 g/mol. The zero-order valence-corrected chi connectivity index (χ0v) is 14.7. The van der Waals surface area contributed by atoms with Gasteiger partial charge in [0.1, 0.15) is 5.82 Å². The van der Waals surface area contributed by atoms with Gasteiger partial charge in [-0.1, -0.05) is 24.6 Å². The molecule has 0 amide bonds. The van der Waals surface area contributed by atoms with Gasteiger partial charge in [-0.05, 0) is 62.9 Å². The summed E-state index contributed by atoms with van der Waals surface area (Å²) in [5.41, 5.74) is 1.00. The topological polar surface area (TPSA) is 53.1 Å². The highest BCUT2D eigenvalue weighted by atomic mass is 15.2. The highest BCUT2D eigenvalue weighted by Gasteiger charge is 2.32. The van der Waals surface area contributed by atoms with Crippen LogP contribution in [0.1, 0.15) is 32.1 Å². The van der Waals surface area contributed by atoms with E-state index in [2.05, 4.69) is 25.5 Å². The summed E-state index contributed by atoms with van der Waals surface area (Å²) in [6, 6.07) is 12.8. The fourth-order valence-corrected chi connectivity index (χ4v) is 4.22. The Balaban J connectivity index is 1.37. The highest BCUT2D eigenvalue weighted by Crippen LogP contribution is 2.31. The van der Waals surface area contributed by atoms with Crippen LogP contribution >= 0.6 is 0 Å². The van der Waals surface area contributed by atoms with Gasteiger partial charge in [0.2, 0.25) is 5.95 Å². The normalized spacial score (nSPS) is 23.7. The van der Waals surface area contributed by atoms with Gasteiger partial charge in [-0.3, -0.25) is 0 Å². The maximum Gasteiger partial charge on any atom is 0.229 e. The van der Waals surface area contributed by atoms with Crippen LogP contribution in [0, 0.1) is 5.92 Å². The van der Waals surface area contributed by atoms with Gasteiger partial charge in [-0.25, -0.2) is 4.98 Å². The second-order valence-corrected chi connectivity index (χ2v) is 7.14. The van der Waals surface area contributed by atoms with Crippen LogP contribution in [-0.4, -0.2) is 40.5 Å². The Morgan fingerprint density at radius 1 is 1.00 bits per heavy atom. The largest absolute Gasteiger partial charge is 0.370 e. The maximum atomic E-state index is 4.61. The van der Waals surface area contributed by atoms with Crippen LogP contribution in [0.25, 0.3) is 0 Å². The molecule has 0 bridgehead atoms. The Kier molecular flexibility index (Phi) is 5.11. The molecule has 0 aliphatic carbocycles. The van der Waals surface area contributed by atoms with Crippen LogP contribution < -0.4 is 10.6 Å². The molecule has 0 radical (unpaired) electrons. The van der Waals surface area contributed by atoms with E-state index in [0.29, 0.717) is 5.95 Å². The first-order chi connectivity index (χ1) is 12.4. The first kappa shape index (κ1) is 16.3. The number of hydrogen-bond acceptors (Lipinski definition) is 5. The molecule has 0 unspecified atom stereocenters. The number of para-hydroxylation sites is 1. The first-order valence-electron chi connectivity index (χ1n) is 9.51. The number of anilines is 3. The van der Waals surface area contributed by atoms with Gasteiger partial charge in [0.05, 0.1) is 0 Å². The van der Waals surface area contributed by atoms with Crippen molar-refractivity contribution in [1.82, 2.24) is 14.9 Å². The fourth-order valence-electron chi connectivity index (χ4n) is 4.22. The van der Waals surface area contributed by atoms with Gasteiger partial charge in [-0.15, -0.1) is 0 Å². The minimum atomic E-state index is 0.638. The number of rotatable bonds is 5. The van der Waals surface area contributed by atoms with E-state index in [4.69, 9.17) is 0 Å². The number of piperidine rings is 2. The molecule has 2 aliphatic rings. The number of nitrogens with zero attached hydrogens (tertiary/aromatic N) is 3. The molecular weight excluding hydrogens is 310 g/mol. The van der Waals surface area contributed by atoms with Crippen LogP contribution in [0.3, 0.4) is 0 Å². The van der Waals surface area contributed by atoms with Crippen molar-refractivity contribution in [3.05, 3.63) is 42.6 Å². The molecule has 5 heteroatoms. The van der Waals surface area contributed by atoms with Crippen molar-refractivity contribution < 1.29 is 0 Å². The van der Waals surface area contributed by atoms with Crippen molar-refractivity contribution in [3.8, 4) is 0 Å². The Labute approximate surface area is 149 Å². The summed E-state index contributed by atoms with van der Waals surface area (Å²) in [5.74, 6) is 2.27. The van der Waals surface area contributed by atoms with Crippen molar-refractivity contribution in [2.24, 2.45) is 5.92 Å². The van der Waals surface area contributed by atoms with Crippen molar-refractivity contribution in [3.63, 3.8) is 0 Å². The van der Waals surface area contributed by atoms with E-state index in [0.717, 1.165) is 30.0 Å². The maximum absolute atomic E-state index is 4.61. The van der Waals surface area contributed by atoms with Crippen LogP contribution in [-0.2, 0) is 0 Å². The van der Waals surface area contributed by atoms with E-state index < -0.39 is 0 Å². The standard InChI is InChI=1S/C20H27N5/c1-2-8-17(9-3-1)23-20-21-12-11-19(24-20)22-15-16-7-6-14-25-13-5-4-10-18(16)25/h1-3,8-9,11-12,16,18H,4-7,10,13-15H2,(H2,21,22,23,24)/t16-,18+/m0/s1. The molecule has 2 aliphatic heterocycles. The minimum absolute atomic E-state index is 0.638. The van der Waals surface area contributed by atoms with Crippen molar-refractivity contribution in [2.45, 2.75) is 38.1 Å². The van der Waals surface area contributed by atoms with E-state index in [-0.39, 0.29) is 0 Å². The third kappa shape index (κ3) is 4.10. The van der Waals surface area contributed by atoms with Crippen molar-refractivity contribution in [1.29, 1.82) is 0 Å². The van der Waals surface area contributed by atoms with E-state index in [1.54, 1.807) is 0 Å². The van der Waals surface area contributed by atoms with E-state index in [9.17, 15) is 0 Å². The van der Waals surface area contributed by atoms with Crippen molar-refractivity contribution in [2.75, 3.05) is 30.3 Å². The van der Waals surface area contributed by atoms with Crippen molar-refractivity contribution >= 4 is 17.5 Å². The lowest BCUT2D eigenvalue weighted by molar-refractivity contribution is 0.0649. The van der Waals surface area contributed by atoms with E-state index in [1.807, 2.05) is 42.6 Å². The molecule has 132 valence electrons. The summed E-state index contributed by atoms with van der Waals surface area (Å²) in [7, 11) is 0. The molecular formula is C20H27N5. The number of fused-ring (bicyclic) bond motifs is 1. The monoisotopic (exact) mass is 337 g/mol. The Hall–Kier alpha value is -2.14. The Morgan fingerprint density at radius 3 is 2.80 bits per heavy atom. The number of benzene rings is 1. The molecule has 5 nitrogen and oxygen atoms in total. The van der Waals surface area contributed by atoms with Gasteiger partial charge < -0.3 is 15.5 Å². The van der Waals surface area contributed by atoms with Gasteiger partial charge in [0.15, 0.2) is 0 Å². The van der Waals surface area contributed by atoms with Gasteiger partial charge in [0, 0.05) is 24.5 Å². The van der Waals surface area contributed by atoms with Gasteiger partial charge >= 0.3 is 0 Å². The van der Waals surface area contributed by atoms with Crippen LogP contribution in [0.15, 0.2) is 42.6 Å². The predicted molar refractivity (Wildman–Crippen MR) is 102 cm³/mol. The molecule has 2 atom stereocenters. The van der Waals surface area contributed by atoms with E-state index in [1.165, 1.54) is 45.2 Å². The lowest BCUT2D eigenvalue weighted by Gasteiger charge is -2.44. The molecule has 2 N–H and O–H groups in total. The summed E-state index contributed by atoms with van der Waals surface area (Å²) >= 11 is 0. The molecule has 3 heterocycles. The molecule has 1 aromatic heterocycles. The van der Waals surface area contributed by atoms with Gasteiger partial charge in [-0.2, -0.15) is 4.98 Å². The second-order valence-electron chi connectivity index (χ2n) is 7.14. The van der Waals surface area contributed by atoms with Crippen LogP contribution in [0.2, 0.25) is 0 Å². The Bertz CT molecular complexity index is 673. The first-order valence-corrected chi connectivity index (χ1v) is 9.51. The number of hydrogen-bond donors (Lipinski definition) is 2. The third-order valence-electron chi connectivity index (χ3n) is 5.46. The summed E-state index contributed by atoms with van der Waals surface area (Å²) in [4.78, 5) is 11.6. The third-order valence-corrected chi connectivity index (χ3v) is 5.46. The second kappa shape index (κ2) is 7.83.